The first-order chi connectivity index (χ1) is 8.70. The van der Waals surface area contributed by atoms with Crippen LogP contribution in [0.1, 0.15) is 24.6 Å². The molecule has 18 heavy (non-hydrogen) atoms. The Hall–Kier alpha value is -1.69. The lowest BCUT2D eigenvalue weighted by Crippen LogP contribution is -2.22. The molecule has 6 heteroatoms. The molecule has 0 aliphatic rings. The topological polar surface area (TPSA) is 77.9 Å². The highest BCUT2D eigenvalue weighted by Crippen LogP contribution is 2.28. The molecule has 1 N–H and O–H groups in total. The molecular formula is C12H14N3O2S-. The number of carbonyl (C=O) groups is 1. The fraction of sp³-hybridized carbons (Fsp3) is 0.417. The number of thiophene rings is 1. The molecule has 2 aromatic heterocycles. The molecule has 0 atom stereocenters. The highest BCUT2D eigenvalue weighted by Gasteiger charge is 2.07. The van der Waals surface area contributed by atoms with Gasteiger partial charge in [0, 0.05) is 17.4 Å². The predicted octanol–water partition coefficient (Wildman–Crippen LogP) is 1.20. The lowest BCUT2D eigenvalue weighted by atomic mass is 10.3. The number of carbonyl (C=O) groups excluding carboxylic acids is 1. The van der Waals surface area contributed by atoms with E-state index in [9.17, 15) is 9.90 Å². The maximum Gasteiger partial charge on any atom is 0.138 e. The smallest absolute Gasteiger partial charge is 0.138 e. The minimum absolute atomic E-state index is 0.0606. The molecule has 2 rings (SSSR count). The monoisotopic (exact) mass is 264 g/mol. The van der Waals surface area contributed by atoms with E-state index in [0.717, 1.165) is 22.5 Å². The average molecular weight is 264 g/mol. The number of nitrogens with zero attached hydrogens (tertiary/aromatic N) is 2. The molecule has 0 aromatic carbocycles. The van der Waals surface area contributed by atoms with Crippen molar-refractivity contribution in [1.29, 1.82) is 0 Å². The van der Waals surface area contributed by atoms with Crippen molar-refractivity contribution < 1.29 is 9.90 Å². The molecule has 0 saturated heterocycles. The Morgan fingerprint density at radius 2 is 2.33 bits per heavy atom. The van der Waals surface area contributed by atoms with Crippen LogP contribution in [0.15, 0.2) is 12.4 Å². The number of fused-ring (bicyclic) bond motifs is 1. The zero-order valence-corrected chi connectivity index (χ0v) is 10.9. The molecule has 0 unspecified atom stereocenters. The molecule has 0 bridgehead atoms. The molecular weight excluding hydrogens is 250 g/mol. The van der Waals surface area contributed by atoms with Crippen LogP contribution < -0.4 is 10.4 Å². The summed E-state index contributed by atoms with van der Waals surface area (Å²) in [5.74, 6) is -0.247. The number of rotatable bonds is 6. The Bertz CT molecular complexity index is 553. The van der Waals surface area contributed by atoms with Gasteiger partial charge >= 0.3 is 0 Å². The summed E-state index contributed by atoms with van der Waals surface area (Å²) in [5.41, 5.74) is 0. The van der Waals surface area contributed by atoms with Crippen LogP contribution in [0.2, 0.25) is 0 Å². The van der Waals surface area contributed by atoms with Crippen LogP contribution in [0.3, 0.4) is 0 Å². The number of aliphatic carboxylic acids is 1. The Balaban J connectivity index is 2.07. The van der Waals surface area contributed by atoms with Crippen LogP contribution >= 0.6 is 11.3 Å². The summed E-state index contributed by atoms with van der Waals surface area (Å²) in [7, 11) is 0. The van der Waals surface area contributed by atoms with Crippen molar-refractivity contribution >= 4 is 33.3 Å². The molecule has 0 saturated carbocycles. The maximum atomic E-state index is 10.3. The number of aromatic nitrogens is 2. The summed E-state index contributed by atoms with van der Waals surface area (Å²) >= 11 is 1.66. The van der Waals surface area contributed by atoms with Crippen LogP contribution in [0, 0.1) is 0 Å². The van der Waals surface area contributed by atoms with Crippen molar-refractivity contribution in [3.05, 3.63) is 17.3 Å². The van der Waals surface area contributed by atoms with Gasteiger partial charge in [-0.3, -0.25) is 0 Å². The summed E-state index contributed by atoms with van der Waals surface area (Å²) in [6.07, 6.45) is 3.09. The van der Waals surface area contributed by atoms with Gasteiger partial charge in [-0.05, 0) is 25.3 Å². The third-order valence-corrected chi connectivity index (χ3v) is 3.77. The van der Waals surface area contributed by atoms with Gasteiger partial charge in [0.1, 0.15) is 17.0 Å². The van der Waals surface area contributed by atoms with Gasteiger partial charge in [0.2, 0.25) is 0 Å². The van der Waals surface area contributed by atoms with E-state index in [1.54, 1.807) is 11.3 Å². The number of hydrogen-bond donors (Lipinski definition) is 1. The van der Waals surface area contributed by atoms with E-state index in [-0.39, 0.29) is 6.42 Å². The first-order valence-electron chi connectivity index (χ1n) is 5.88. The van der Waals surface area contributed by atoms with Crippen molar-refractivity contribution in [1.82, 2.24) is 9.97 Å². The fourth-order valence-corrected chi connectivity index (χ4v) is 2.59. The first kappa shape index (κ1) is 12.8. The molecule has 0 fully saturated rings. The van der Waals surface area contributed by atoms with Gasteiger partial charge in [0.05, 0.1) is 5.39 Å². The van der Waals surface area contributed by atoms with Gasteiger partial charge < -0.3 is 15.2 Å². The Morgan fingerprint density at radius 1 is 1.50 bits per heavy atom. The van der Waals surface area contributed by atoms with Crippen molar-refractivity contribution in [2.24, 2.45) is 0 Å². The van der Waals surface area contributed by atoms with Crippen LogP contribution in [0.4, 0.5) is 5.82 Å². The molecule has 96 valence electrons. The Morgan fingerprint density at radius 3 is 3.06 bits per heavy atom. The number of carboxylic acid groups (broad SMARTS) is 1. The van der Waals surface area contributed by atoms with Crippen molar-refractivity contribution in [2.45, 2.75) is 26.2 Å². The molecule has 2 aromatic rings. The van der Waals surface area contributed by atoms with E-state index in [1.165, 1.54) is 11.2 Å². The SMILES string of the molecule is CCc1cc2c(NCCCC(=O)[O-])ncnc2s1. The van der Waals surface area contributed by atoms with E-state index in [1.807, 2.05) is 0 Å². The fourth-order valence-electron chi connectivity index (χ4n) is 1.66. The van der Waals surface area contributed by atoms with Crippen molar-refractivity contribution in [2.75, 3.05) is 11.9 Å². The minimum Gasteiger partial charge on any atom is -0.550 e. The highest BCUT2D eigenvalue weighted by atomic mass is 32.1. The largest absolute Gasteiger partial charge is 0.550 e. The van der Waals surface area contributed by atoms with Crippen LogP contribution in [-0.4, -0.2) is 22.5 Å². The number of hydrogen-bond acceptors (Lipinski definition) is 6. The summed E-state index contributed by atoms with van der Waals surface area (Å²) < 4.78 is 0. The highest BCUT2D eigenvalue weighted by molar-refractivity contribution is 7.18. The normalized spacial score (nSPS) is 10.7. The Kier molecular flexibility index (Phi) is 4.09. The van der Waals surface area contributed by atoms with Gasteiger partial charge in [-0.1, -0.05) is 6.92 Å². The number of aryl methyl sites for hydroxylation is 1. The molecule has 2 heterocycles. The quantitative estimate of drug-likeness (QED) is 0.793. The molecule has 0 spiro atoms. The van der Waals surface area contributed by atoms with Gasteiger partial charge in [-0.15, -0.1) is 11.3 Å². The molecule has 0 amide bonds. The van der Waals surface area contributed by atoms with Crippen molar-refractivity contribution in [3.63, 3.8) is 0 Å². The second-order valence-corrected chi connectivity index (χ2v) is 5.02. The molecule has 5 nitrogen and oxygen atoms in total. The van der Waals surface area contributed by atoms with Gasteiger partial charge in [-0.2, -0.15) is 0 Å². The minimum atomic E-state index is -1.02. The summed E-state index contributed by atoms with van der Waals surface area (Å²) in [6, 6.07) is 2.08. The maximum absolute atomic E-state index is 10.3. The zero-order chi connectivity index (χ0) is 13.0. The van der Waals surface area contributed by atoms with Crippen molar-refractivity contribution in [3.8, 4) is 0 Å². The standard InChI is InChI=1S/C12H15N3O2S/c1-2-8-6-9-11(13-5-3-4-10(16)17)14-7-15-12(9)18-8/h6-7H,2-5H2,1H3,(H,16,17)(H,13,14,15)/p-1. The third kappa shape index (κ3) is 2.95. The van der Waals surface area contributed by atoms with E-state index >= 15 is 0 Å². The van der Waals surface area contributed by atoms with Crippen LogP contribution in [-0.2, 0) is 11.2 Å². The molecule has 0 aliphatic heterocycles. The third-order valence-electron chi connectivity index (χ3n) is 2.58. The second kappa shape index (κ2) is 5.77. The number of anilines is 1. The van der Waals surface area contributed by atoms with Gasteiger partial charge in [0.15, 0.2) is 0 Å². The second-order valence-electron chi connectivity index (χ2n) is 3.91. The summed E-state index contributed by atoms with van der Waals surface area (Å²) in [5, 5.41) is 14.5. The summed E-state index contributed by atoms with van der Waals surface area (Å²) in [6.45, 7) is 2.67. The lowest BCUT2D eigenvalue weighted by Gasteiger charge is -2.06. The number of carboxylic acids is 1. The summed E-state index contributed by atoms with van der Waals surface area (Å²) in [4.78, 5) is 21.0. The van der Waals surface area contributed by atoms with Crippen LogP contribution in [0.25, 0.3) is 10.2 Å². The first-order valence-corrected chi connectivity index (χ1v) is 6.69. The van der Waals surface area contributed by atoms with E-state index in [4.69, 9.17) is 0 Å². The van der Waals surface area contributed by atoms with Gasteiger partial charge in [-0.25, -0.2) is 9.97 Å². The van der Waals surface area contributed by atoms with E-state index < -0.39 is 5.97 Å². The zero-order valence-electron chi connectivity index (χ0n) is 10.1. The lowest BCUT2D eigenvalue weighted by molar-refractivity contribution is -0.305. The number of nitrogens with one attached hydrogen (secondary N) is 1. The van der Waals surface area contributed by atoms with E-state index in [0.29, 0.717) is 13.0 Å². The predicted molar refractivity (Wildman–Crippen MR) is 69.5 cm³/mol. The molecule has 0 radical (unpaired) electrons. The Labute approximate surface area is 109 Å². The van der Waals surface area contributed by atoms with E-state index in [2.05, 4.69) is 28.3 Å². The average Bonchev–Trinajstić information content (AvgIpc) is 2.78. The molecule has 0 aliphatic carbocycles. The van der Waals surface area contributed by atoms with Gasteiger partial charge in [0.25, 0.3) is 0 Å². The van der Waals surface area contributed by atoms with Crippen LogP contribution in [0.5, 0.6) is 0 Å².